The van der Waals surface area contributed by atoms with E-state index in [0.29, 0.717) is 10.0 Å². The highest BCUT2D eigenvalue weighted by atomic mass is 35.5. The topological polar surface area (TPSA) is 31.4 Å². The molecule has 1 aromatic heterocycles. The molecule has 0 atom stereocenters. The molecule has 0 spiro atoms. The first-order valence-electron chi connectivity index (χ1n) is 10.1. The van der Waals surface area contributed by atoms with Crippen molar-refractivity contribution in [2.24, 2.45) is 0 Å². The van der Waals surface area contributed by atoms with Crippen molar-refractivity contribution in [3.63, 3.8) is 0 Å². The Labute approximate surface area is 187 Å². The van der Waals surface area contributed by atoms with E-state index >= 15 is 0 Å². The van der Waals surface area contributed by atoms with E-state index < -0.39 is 0 Å². The van der Waals surface area contributed by atoms with Gasteiger partial charge in [-0.1, -0.05) is 59.6 Å². The van der Waals surface area contributed by atoms with Crippen LogP contribution >= 0.6 is 23.2 Å². The van der Waals surface area contributed by atoms with Crippen molar-refractivity contribution in [3.8, 4) is 11.5 Å². The molecule has 2 aromatic carbocycles. The fraction of sp³-hybridized carbons (Fsp3) is 0.240. The van der Waals surface area contributed by atoms with Gasteiger partial charge in [-0.15, -0.1) is 0 Å². The zero-order valence-electron chi connectivity index (χ0n) is 16.8. The van der Waals surface area contributed by atoms with Crippen molar-refractivity contribution in [3.05, 3.63) is 87.7 Å². The Morgan fingerprint density at radius 2 is 1.63 bits per heavy atom. The summed E-state index contributed by atoms with van der Waals surface area (Å²) in [4.78, 5) is 4.06. The number of halogens is 2. The van der Waals surface area contributed by atoms with E-state index in [4.69, 9.17) is 32.7 Å². The zero-order valence-corrected chi connectivity index (χ0v) is 18.3. The number of hydrogen-bond donors (Lipinski definition) is 0. The number of pyridine rings is 1. The maximum atomic E-state index is 6.40. The first-order valence-corrected chi connectivity index (χ1v) is 10.8. The minimum atomic E-state index is 0.238. The molecular weight excluding hydrogens is 417 g/mol. The lowest BCUT2D eigenvalue weighted by Gasteiger charge is -2.18. The second kappa shape index (κ2) is 9.55. The van der Waals surface area contributed by atoms with Gasteiger partial charge in [-0.25, -0.2) is 0 Å². The summed E-state index contributed by atoms with van der Waals surface area (Å²) in [6, 6.07) is 16.2. The van der Waals surface area contributed by atoms with Gasteiger partial charge in [-0.05, 0) is 60.6 Å². The van der Waals surface area contributed by atoms with Crippen LogP contribution in [0.5, 0.6) is 11.5 Å². The fourth-order valence-corrected chi connectivity index (χ4v) is 4.25. The average molecular weight is 440 g/mol. The molecule has 0 bridgehead atoms. The van der Waals surface area contributed by atoms with Crippen LogP contribution in [-0.2, 0) is 0 Å². The van der Waals surface area contributed by atoms with Crippen LogP contribution in [0, 0.1) is 0 Å². The van der Waals surface area contributed by atoms with E-state index in [1.165, 1.54) is 12.8 Å². The number of nitrogens with zero attached hydrogens (tertiary/aromatic N) is 1. The quantitative estimate of drug-likeness (QED) is 0.403. The van der Waals surface area contributed by atoms with Gasteiger partial charge >= 0.3 is 0 Å². The zero-order chi connectivity index (χ0) is 20.9. The summed E-state index contributed by atoms with van der Waals surface area (Å²) < 4.78 is 11.9. The molecule has 3 aromatic rings. The van der Waals surface area contributed by atoms with Gasteiger partial charge in [-0.3, -0.25) is 4.98 Å². The Balaban J connectivity index is 1.82. The van der Waals surface area contributed by atoms with Crippen LogP contribution < -0.4 is 9.47 Å². The normalized spacial score (nSPS) is 14.7. The molecule has 0 N–H and O–H groups in total. The lowest BCUT2D eigenvalue weighted by Crippen LogP contribution is -2.11. The molecule has 154 valence electrons. The third kappa shape index (κ3) is 4.63. The molecule has 1 saturated carbocycles. The number of ether oxygens (including phenoxy) is 2. The fourth-order valence-electron chi connectivity index (χ4n) is 3.78. The van der Waals surface area contributed by atoms with E-state index in [1.54, 1.807) is 19.5 Å². The van der Waals surface area contributed by atoms with Crippen LogP contribution in [0.1, 0.15) is 42.4 Å². The second-order valence-corrected chi connectivity index (χ2v) is 8.15. The molecule has 0 unspecified atom stereocenters. The highest BCUT2D eigenvalue weighted by molar-refractivity contribution is 6.37. The van der Waals surface area contributed by atoms with E-state index in [2.05, 4.69) is 17.1 Å². The predicted molar refractivity (Wildman–Crippen MR) is 124 cm³/mol. The van der Waals surface area contributed by atoms with Gasteiger partial charge in [0.05, 0.1) is 23.3 Å². The first-order chi connectivity index (χ1) is 14.7. The van der Waals surface area contributed by atoms with Gasteiger partial charge in [-0.2, -0.15) is 0 Å². The van der Waals surface area contributed by atoms with E-state index in [-0.39, 0.29) is 6.10 Å². The van der Waals surface area contributed by atoms with Crippen molar-refractivity contribution in [2.75, 3.05) is 7.11 Å². The van der Waals surface area contributed by atoms with Crippen molar-refractivity contribution >= 4 is 34.9 Å². The van der Waals surface area contributed by atoms with Crippen LogP contribution in [0.25, 0.3) is 11.6 Å². The summed E-state index contributed by atoms with van der Waals surface area (Å²) in [7, 11) is 1.67. The molecular formula is C25H23Cl2NO2. The third-order valence-corrected chi connectivity index (χ3v) is 5.94. The summed E-state index contributed by atoms with van der Waals surface area (Å²) in [5.74, 6) is 1.49. The van der Waals surface area contributed by atoms with Crippen LogP contribution in [-0.4, -0.2) is 18.2 Å². The Kier molecular flexibility index (Phi) is 6.61. The third-order valence-electron chi connectivity index (χ3n) is 5.33. The van der Waals surface area contributed by atoms with Gasteiger partial charge in [0.25, 0.3) is 0 Å². The monoisotopic (exact) mass is 439 g/mol. The van der Waals surface area contributed by atoms with Gasteiger partial charge in [0.15, 0.2) is 11.5 Å². The Morgan fingerprint density at radius 1 is 0.933 bits per heavy atom. The molecule has 0 radical (unpaired) electrons. The van der Waals surface area contributed by atoms with Crippen molar-refractivity contribution in [2.45, 2.75) is 31.8 Å². The van der Waals surface area contributed by atoms with Crippen LogP contribution in [0.3, 0.4) is 0 Å². The number of hydrogen-bond acceptors (Lipinski definition) is 3. The molecule has 1 heterocycles. The summed E-state index contributed by atoms with van der Waals surface area (Å²) in [6.07, 6.45) is 10.0. The summed E-state index contributed by atoms with van der Waals surface area (Å²) in [6.45, 7) is 0. The first kappa shape index (κ1) is 20.8. The van der Waals surface area contributed by atoms with Crippen molar-refractivity contribution < 1.29 is 9.47 Å². The maximum absolute atomic E-state index is 6.40. The highest BCUT2D eigenvalue weighted by Gasteiger charge is 2.19. The molecule has 0 amide bonds. The average Bonchev–Trinajstić information content (AvgIpc) is 3.27. The second-order valence-electron chi connectivity index (χ2n) is 7.33. The minimum Gasteiger partial charge on any atom is -0.493 e. The standard InChI is InChI=1S/C25H23Cl2NO2/c1-29-24-12-11-18(13-25(24)30-19-9-5-6-10-19)20(17-7-3-2-4-8-17)14-21-22(26)15-28-16-23(21)27/h2-4,7-8,11-16,19H,5-6,9-10H2,1H3/b20-14-. The summed E-state index contributed by atoms with van der Waals surface area (Å²) in [5, 5.41) is 1.01. The summed E-state index contributed by atoms with van der Waals surface area (Å²) >= 11 is 12.8. The molecule has 3 nitrogen and oxygen atoms in total. The van der Waals surface area contributed by atoms with Crippen LogP contribution in [0.4, 0.5) is 0 Å². The van der Waals surface area contributed by atoms with Gasteiger partial charge < -0.3 is 9.47 Å². The summed E-state index contributed by atoms with van der Waals surface area (Å²) in [5.41, 5.74) is 3.78. The predicted octanol–water partition coefficient (Wildman–Crippen LogP) is 7.31. The van der Waals surface area contributed by atoms with E-state index in [0.717, 1.165) is 46.6 Å². The lowest BCUT2D eigenvalue weighted by molar-refractivity contribution is 0.201. The lowest BCUT2D eigenvalue weighted by atomic mass is 9.95. The van der Waals surface area contributed by atoms with Gasteiger partial charge in [0.2, 0.25) is 0 Å². The molecule has 5 heteroatoms. The molecule has 0 aliphatic heterocycles. The molecule has 1 aliphatic carbocycles. The molecule has 1 aliphatic rings. The number of aromatic nitrogens is 1. The Hall–Kier alpha value is -2.49. The Bertz CT molecular complexity index is 1020. The van der Waals surface area contributed by atoms with Crippen LogP contribution in [0.2, 0.25) is 10.0 Å². The van der Waals surface area contributed by atoms with E-state index in [9.17, 15) is 0 Å². The molecule has 4 rings (SSSR count). The maximum Gasteiger partial charge on any atom is 0.162 e. The number of methoxy groups -OCH3 is 1. The minimum absolute atomic E-state index is 0.238. The molecule has 30 heavy (non-hydrogen) atoms. The van der Waals surface area contributed by atoms with Crippen molar-refractivity contribution in [1.29, 1.82) is 0 Å². The van der Waals surface area contributed by atoms with Crippen LogP contribution in [0.15, 0.2) is 60.9 Å². The number of benzene rings is 2. The smallest absolute Gasteiger partial charge is 0.162 e. The van der Waals surface area contributed by atoms with Crippen molar-refractivity contribution in [1.82, 2.24) is 4.98 Å². The SMILES string of the molecule is COc1ccc(/C(=C\c2c(Cl)cncc2Cl)c2ccccc2)cc1OC1CCCC1. The Morgan fingerprint density at radius 3 is 2.30 bits per heavy atom. The van der Waals surface area contributed by atoms with Gasteiger partial charge in [0.1, 0.15) is 0 Å². The molecule has 1 fully saturated rings. The molecule has 0 saturated heterocycles. The largest absolute Gasteiger partial charge is 0.493 e. The number of rotatable bonds is 6. The highest BCUT2D eigenvalue weighted by Crippen LogP contribution is 2.37. The van der Waals surface area contributed by atoms with Gasteiger partial charge in [0, 0.05) is 18.0 Å². The van der Waals surface area contributed by atoms with E-state index in [1.807, 2.05) is 42.5 Å².